The van der Waals surface area contributed by atoms with E-state index in [2.05, 4.69) is 63.6 Å². The number of nitrogens with zero attached hydrogens (tertiary/aromatic N) is 2. The zero-order chi connectivity index (χ0) is 18.6. The maximum absolute atomic E-state index is 5.46. The molecule has 1 saturated heterocycles. The Morgan fingerprint density at radius 3 is 2.44 bits per heavy atom. The van der Waals surface area contributed by atoms with E-state index < -0.39 is 0 Å². The van der Waals surface area contributed by atoms with Crippen LogP contribution in [0.1, 0.15) is 28.7 Å². The second kappa shape index (κ2) is 7.84. The Morgan fingerprint density at radius 2 is 1.74 bits per heavy atom. The van der Waals surface area contributed by atoms with E-state index in [1.54, 1.807) is 14.2 Å². The summed E-state index contributed by atoms with van der Waals surface area (Å²) in [6, 6.07) is 19.0. The Bertz CT molecular complexity index is 865. The lowest BCUT2D eigenvalue weighted by molar-refractivity contribution is 0.320. The number of methoxy groups -OCH3 is 2. The van der Waals surface area contributed by atoms with Gasteiger partial charge >= 0.3 is 0 Å². The Labute approximate surface area is 159 Å². The fourth-order valence-electron chi connectivity index (χ4n) is 4.08. The number of hydrogen-bond acceptors (Lipinski definition) is 4. The molecule has 1 aliphatic heterocycles. The molecule has 1 fully saturated rings. The van der Waals surface area contributed by atoms with Crippen molar-refractivity contribution >= 4 is 0 Å². The third-order valence-electron chi connectivity index (χ3n) is 5.40. The highest BCUT2D eigenvalue weighted by Crippen LogP contribution is 2.39. The molecule has 1 aromatic heterocycles. The molecular formula is C22H25N3O2. The number of aromatic nitrogens is 2. The van der Waals surface area contributed by atoms with Crippen LogP contribution in [0.5, 0.6) is 11.5 Å². The molecule has 0 spiro atoms. The fourth-order valence-corrected chi connectivity index (χ4v) is 4.08. The summed E-state index contributed by atoms with van der Waals surface area (Å²) in [5.74, 6) is 2.40. The van der Waals surface area contributed by atoms with Gasteiger partial charge in [0, 0.05) is 43.4 Å². The molecule has 4 rings (SSSR count). The van der Waals surface area contributed by atoms with Crippen LogP contribution >= 0.6 is 0 Å². The predicted molar refractivity (Wildman–Crippen MR) is 105 cm³/mol. The van der Waals surface area contributed by atoms with E-state index in [1.807, 2.05) is 12.3 Å². The molecule has 1 aliphatic rings. The highest BCUT2D eigenvalue weighted by atomic mass is 16.5. The van der Waals surface area contributed by atoms with Crippen molar-refractivity contribution in [1.82, 2.24) is 15.1 Å². The van der Waals surface area contributed by atoms with Crippen molar-refractivity contribution < 1.29 is 9.47 Å². The molecule has 1 N–H and O–H groups in total. The summed E-state index contributed by atoms with van der Waals surface area (Å²) in [6.45, 7) is 2.90. The second-order valence-electron chi connectivity index (χ2n) is 7.02. The van der Waals surface area contributed by atoms with E-state index in [0.29, 0.717) is 11.8 Å². The summed E-state index contributed by atoms with van der Waals surface area (Å²) in [5.41, 5.74) is 3.82. The maximum Gasteiger partial charge on any atom is 0.161 e. The average molecular weight is 363 g/mol. The van der Waals surface area contributed by atoms with Crippen LogP contribution in [-0.4, -0.2) is 42.4 Å². The minimum atomic E-state index is 0.412. The van der Waals surface area contributed by atoms with Gasteiger partial charge in [0.05, 0.1) is 14.2 Å². The minimum absolute atomic E-state index is 0.412. The van der Waals surface area contributed by atoms with Gasteiger partial charge in [-0.05, 0) is 29.3 Å². The average Bonchev–Trinajstić information content (AvgIpc) is 3.38. The van der Waals surface area contributed by atoms with E-state index in [0.717, 1.165) is 31.1 Å². The molecule has 0 saturated carbocycles. The summed E-state index contributed by atoms with van der Waals surface area (Å²) in [4.78, 5) is 2.50. The number of H-pyrrole nitrogens is 1. The molecule has 0 bridgehead atoms. The second-order valence-corrected chi connectivity index (χ2v) is 7.02. The van der Waals surface area contributed by atoms with Gasteiger partial charge in [0.25, 0.3) is 0 Å². The zero-order valence-corrected chi connectivity index (χ0v) is 15.8. The lowest BCUT2D eigenvalue weighted by atomic mass is 9.87. The normalized spacial score (nSPS) is 19.9. The third-order valence-corrected chi connectivity index (χ3v) is 5.40. The maximum atomic E-state index is 5.46. The fraction of sp³-hybridized carbons (Fsp3) is 0.318. The monoisotopic (exact) mass is 363 g/mol. The molecule has 27 heavy (non-hydrogen) atoms. The van der Waals surface area contributed by atoms with Crippen molar-refractivity contribution in [2.24, 2.45) is 0 Å². The van der Waals surface area contributed by atoms with Crippen molar-refractivity contribution in [2.75, 3.05) is 27.3 Å². The number of aromatic amines is 1. The molecule has 2 atom stereocenters. The number of benzene rings is 2. The Morgan fingerprint density at radius 1 is 0.963 bits per heavy atom. The Kier molecular flexibility index (Phi) is 5.12. The molecule has 0 amide bonds. The molecule has 0 unspecified atom stereocenters. The molecule has 0 aliphatic carbocycles. The SMILES string of the molecule is COc1ccc(CN2C[C@@H](c3ccccc3)[C@H](c3ccn[nH]3)C2)cc1OC. The van der Waals surface area contributed by atoms with Gasteiger partial charge in [-0.1, -0.05) is 36.4 Å². The largest absolute Gasteiger partial charge is 0.493 e. The Balaban J connectivity index is 1.56. The first-order valence-electron chi connectivity index (χ1n) is 9.26. The van der Waals surface area contributed by atoms with Crippen LogP contribution in [0.4, 0.5) is 0 Å². The lowest BCUT2D eigenvalue weighted by Crippen LogP contribution is -2.20. The van der Waals surface area contributed by atoms with Crippen LogP contribution in [0.2, 0.25) is 0 Å². The van der Waals surface area contributed by atoms with E-state index in [1.165, 1.54) is 16.8 Å². The molecule has 140 valence electrons. The third kappa shape index (κ3) is 3.69. The number of hydrogen-bond donors (Lipinski definition) is 1. The van der Waals surface area contributed by atoms with Gasteiger partial charge in [0.1, 0.15) is 0 Å². The molecule has 3 aromatic rings. The first kappa shape index (κ1) is 17.6. The van der Waals surface area contributed by atoms with E-state index in [-0.39, 0.29) is 0 Å². The number of rotatable bonds is 6. The Hall–Kier alpha value is -2.79. The number of nitrogens with one attached hydrogen (secondary N) is 1. The predicted octanol–water partition coefficient (Wildman–Crippen LogP) is 3.81. The van der Waals surface area contributed by atoms with Crippen LogP contribution < -0.4 is 9.47 Å². The molecule has 5 heteroatoms. The number of ether oxygens (including phenoxy) is 2. The van der Waals surface area contributed by atoms with Crippen LogP contribution in [0.15, 0.2) is 60.8 Å². The zero-order valence-electron chi connectivity index (χ0n) is 15.8. The highest BCUT2D eigenvalue weighted by molar-refractivity contribution is 5.43. The summed E-state index contributed by atoms with van der Waals surface area (Å²) < 4.78 is 10.8. The van der Waals surface area contributed by atoms with Crippen LogP contribution in [0.3, 0.4) is 0 Å². The van der Waals surface area contributed by atoms with Crippen molar-refractivity contribution in [3.63, 3.8) is 0 Å². The van der Waals surface area contributed by atoms with Crippen LogP contribution in [0.25, 0.3) is 0 Å². The lowest BCUT2D eigenvalue weighted by Gasteiger charge is -2.17. The van der Waals surface area contributed by atoms with Gasteiger partial charge < -0.3 is 9.47 Å². The van der Waals surface area contributed by atoms with Gasteiger partial charge in [-0.25, -0.2) is 0 Å². The topological polar surface area (TPSA) is 50.4 Å². The van der Waals surface area contributed by atoms with Gasteiger partial charge in [-0.2, -0.15) is 5.10 Å². The van der Waals surface area contributed by atoms with E-state index >= 15 is 0 Å². The van der Waals surface area contributed by atoms with Crippen LogP contribution in [-0.2, 0) is 6.54 Å². The van der Waals surface area contributed by atoms with E-state index in [4.69, 9.17) is 9.47 Å². The smallest absolute Gasteiger partial charge is 0.161 e. The van der Waals surface area contributed by atoms with Gasteiger partial charge in [-0.15, -0.1) is 0 Å². The summed E-state index contributed by atoms with van der Waals surface area (Å²) in [7, 11) is 3.34. The van der Waals surface area contributed by atoms with E-state index in [9.17, 15) is 0 Å². The molecule has 2 heterocycles. The van der Waals surface area contributed by atoms with Crippen molar-refractivity contribution in [3.8, 4) is 11.5 Å². The molecular weight excluding hydrogens is 338 g/mol. The van der Waals surface area contributed by atoms with Crippen molar-refractivity contribution in [3.05, 3.63) is 77.6 Å². The van der Waals surface area contributed by atoms with Crippen molar-refractivity contribution in [1.29, 1.82) is 0 Å². The number of likely N-dealkylation sites (tertiary alicyclic amines) is 1. The first-order valence-corrected chi connectivity index (χ1v) is 9.26. The van der Waals surface area contributed by atoms with Gasteiger partial charge in [0.15, 0.2) is 11.5 Å². The van der Waals surface area contributed by atoms with Gasteiger partial charge in [0.2, 0.25) is 0 Å². The summed E-state index contributed by atoms with van der Waals surface area (Å²) in [5, 5.41) is 7.36. The summed E-state index contributed by atoms with van der Waals surface area (Å²) >= 11 is 0. The van der Waals surface area contributed by atoms with Gasteiger partial charge in [-0.3, -0.25) is 10.00 Å². The van der Waals surface area contributed by atoms with Crippen molar-refractivity contribution in [2.45, 2.75) is 18.4 Å². The summed E-state index contributed by atoms with van der Waals surface area (Å²) in [6.07, 6.45) is 1.84. The molecule has 5 nitrogen and oxygen atoms in total. The molecule has 2 aromatic carbocycles. The van der Waals surface area contributed by atoms with Crippen LogP contribution in [0, 0.1) is 0 Å². The first-order chi connectivity index (χ1) is 13.3. The molecule has 0 radical (unpaired) electrons. The minimum Gasteiger partial charge on any atom is -0.493 e. The quantitative estimate of drug-likeness (QED) is 0.724. The highest BCUT2D eigenvalue weighted by Gasteiger charge is 2.35. The standard InChI is InChI=1S/C22H25N3O2/c1-26-21-9-8-16(12-22(21)27-2)13-25-14-18(17-6-4-3-5-7-17)19(15-25)20-10-11-23-24-20/h3-12,18-19H,13-15H2,1-2H3,(H,23,24)/t18-,19+/m0/s1.